The summed E-state index contributed by atoms with van der Waals surface area (Å²) in [5, 5.41) is 4.97. The molecule has 0 saturated carbocycles. The van der Waals surface area contributed by atoms with Crippen LogP contribution in [0.2, 0.25) is 0 Å². The molecule has 0 aliphatic rings. The van der Waals surface area contributed by atoms with Crippen molar-refractivity contribution >= 4 is 17.9 Å². The Morgan fingerprint density at radius 1 is 1.07 bits per heavy atom. The fourth-order valence-corrected chi connectivity index (χ4v) is 0.914. The summed E-state index contributed by atoms with van der Waals surface area (Å²) < 4.78 is 0. The van der Waals surface area contributed by atoms with Crippen LogP contribution in [0.5, 0.6) is 0 Å². The number of nitrogens with zero attached hydrogens (tertiary/aromatic N) is 2. The van der Waals surface area contributed by atoms with Gasteiger partial charge in [0.2, 0.25) is 11.9 Å². The number of aromatic amines is 2. The van der Waals surface area contributed by atoms with E-state index >= 15 is 0 Å². The molecular formula is C7H8N6O. The Labute approximate surface area is 79.0 Å². The summed E-state index contributed by atoms with van der Waals surface area (Å²) in [5.74, 6) is 0.767. The number of aromatic nitrogens is 4. The van der Waals surface area contributed by atoms with Gasteiger partial charge in [-0.25, -0.2) is 14.8 Å². The van der Waals surface area contributed by atoms with E-state index in [1.807, 2.05) is 0 Å². The normalized spacial score (nSPS) is 9.71. The zero-order chi connectivity index (χ0) is 9.80. The molecule has 2 aromatic rings. The summed E-state index contributed by atoms with van der Waals surface area (Å²) in [4.78, 5) is 24.4. The first kappa shape index (κ1) is 8.30. The fraction of sp³-hybridized carbons (Fsp3) is 0. The van der Waals surface area contributed by atoms with Crippen molar-refractivity contribution < 1.29 is 4.79 Å². The monoisotopic (exact) mass is 192 g/mol. The summed E-state index contributed by atoms with van der Waals surface area (Å²) >= 11 is 0. The third-order valence-corrected chi connectivity index (χ3v) is 1.46. The number of imidazole rings is 2. The molecule has 0 aliphatic carbocycles. The zero-order valence-corrected chi connectivity index (χ0v) is 7.11. The highest BCUT2D eigenvalue weighted by Crippen LogP contribution is 1.98. The molecule has 0 aliphatic heterocycles. The molecule has 0 radical (unpaired) electrons. The van der Waals surface area contributed by atoms with E-state index < -0.39 is 6.03 Å². The van der Waals surface area contributed by atoms with Gasteiger partial charge in [0.25, 0.3) is 0 Å². The maximum absolute atomic E-state index is 11.2. The van der Waals surface area contributed by atoms with Crippen molar-refractivity contribution in [2.75, 3.05) is 10.6 Å². The molecule has 4 N–H and O–H groups in total. The van der Waals surface area contributed by atoms with Crippen LogP contribution in [0.1, 0.15) is 0 Å². The number of H-pyrrole nitrogens is 2. The van der Waals surface area contributed by atoms with Crippen LogP contribution < -0.4 is 10.6 Å². The van der Waals surface area contributed by atoms with E-state index in [4.69, 9.17) is 0 Å². The van der Waals surface area contributed by atoms with Gasteiger partial charge in [0.15, 0.2) is 0 Å². The quantitative estimate of drug-likeness (QED) is 0.565. The van der Waals surface area contributed by atoms with Gasteiger partial charge in [0.1, 0.15) is 0 Å². The van der Waals surface area contributed by atoms with Gasteiger partial charge in [-0.3, -0.25) is 10.6 Å². The van der Waals surface area contributed by atoms with E-state index in [0.717, 1.165) is 0 Å². The molecule has 7 nitrogen and oxygen atoms in total. The molecule has 0 spiro atoms. The average molecular weight is 192 g/mol. The lowest BCUT2D eigenvalue weighted by Gasteiger charge is -2.01. The molecule has 0 atom stereocenters. The largest absolute Gasteiger partial charge is 0.331 e. The third kappa shape index (κ3) is 1.89. The second-order valence-corrected chi connectivity index (χ2v) is 2.45. The maximum atomic E-state index is 11.2. The number of carbonyl (C=O) groups excluding carboxylic acids is 1. The number of nitrogens with one attached hydrogen (secondary N) is 4. The van der Waals surface area contributed by atoms with Crippen LogP contribution in [0.3, 0.4) is 0 Å². The van der Waals surface area contributed by atoms with Crippen LogP contribution in [0.4, 0.5) is 16.7 Å². The maximum Gasteiger partial charge on any atom is 0.328 e. The van der Waals surface area contributed by atoms with Crippen molar-refractivity contribution in [3.8, 4) is 0 Å². The Hall–Kier alpha value is -2.31. The molecule has 14 heavy (non-hydrogen) atoms. The molecule has 72 valence electrons. The highest BCUT2D eigenvalue weighted by atomic mass is 16.2. The Bertz CT molecular complexity index is 354. The van der Waals surface area contributed by atoms with Gasteiger partial charge in [-0.2, -0.15) is 0 Å². The van der Waals surface area contributed by atoms with Crippen LogP contribution >= 0.6 is 0 Å². The number of hydrogen-bond donors (Lipinski definition) is 4. The van der Waals surface area contributed by atoms with E-state index in [9.17, 15) is 4.79 Å². The minimum atomic E-state index is -0.407. The van der Waals surface area contributed by atoms with E-state index in [1.165, 1.54) is 0 Å². The second kappa shape index (κ2) is 3.60. The molecule has 2 heterocycles. The third-order valence-electron chi connectivity index (χ3n) is 1.46. The lowest BCUT2D eigenvalue weighted by atomic mass is 10.8. The Morgan fingerprint density at radius 2 is 1.57 bits per heavy atom. The summed E-state index contributed by atoms with van der Waals surface area (Å²) in [7, 11) is 0. The molecule has 2 aromatic heterocycles. The standard InChI is InChI=1S/C7H8N6O/c14-7(12-5-8-1-2-9-5)13-6-10-3-4-11-6/h1-4H,(H4,8,9,10,11,12,13,14). The molecule has 0 unspecified atom stereocenters. The molecule has 2 amide bonds. The van der Waals surface area contributed by atoms with Crippen molar-refractivity contribution in [2.24, 2.45) is 0 Å². The fourth-order valence-electron chi connectivity index (χ4n) is 0.914. The topological polar surface area (TPSA) is 98.5 Å². The van der Waals surface area contributed by atoms with Crippen LogP contribution in [0.25, 0.3) is 0 Å². The van der Waals surface area contributed by atoms with Gasteiger partial charge >= 0.3 is 6.03 Å². The number of carbonyl (C=O) groups is 1. The summed E-state index contributed by atoms with van der Waals surface area (Å²) in [6.07, 6.45) is 6.32. The molecule has 0 saturated heterocycles. The van der Waals surface area contributed by atoms with Gasteiger partial charge in [-0.15, -0.1) is 0 Å². The minimum Gasteiger partial charge on any atom is -0.331 e. The summed E-state index contributed by atoms with van der Waals surface area (Å²) in [6, 6.07) is -0.407. The van der Waals surface area contributed by atoms with Gasteiger partial charge in [-0.1, -0.05) is 0 Å². The Morgan fingerprint density at radius 3 is 1.93 bits per heavy atom. The van der Waals surface area contributed by atoms with Crippen molar-refractivity contribution in [3.05, 3.63) is 24.8 Å². The van der Waals surface area contributed by atoms with Crippen molar-refractivity contribution in [2.45, 2.75) is 0 Å². The first-order valence-corrected chi connectivity index (χ1v) is 3.91. The second-order valence-electron chi connectivity index (χ2n) is 2.45. The molecule has 0 bridgehead atoms. The van der Waals surface area contributed by atoms with Gasteiger partial charge < -0.3 is 9.97 Å². The van der Waals surface area contributed by atoms with Crippen molar-refractivity contribution in [3.63, 3.8) is 0 Å². The van der Waals surface area contributed by atoms with Crippen LogP contribution in [0, 0.1) is 0 Å². The predicted octanol–water partition coefficient (Wildman–Crippen LogP) is 0.777. The number of hydrogen-bond acceptors (Lipinski definition) is 3. The molecule has 7 heteroatoms. The van der Waals surface area contributed by atoms with Gasteiger partial charge in [0.05, 0.1) is 0 Å². The highest BCUT2D eigenvalue weighted by Gasteiger charge is 2.03. The summed E-state index contributed by atoms with van der Waals surface area (Å²) in [5.41, 5.74) is 0. The van der Waals surface area contributed by atoms with Gasteiger partial charge in [-0.05, 0) is 0 Å². The predicted molar refractivity (Wildman–Crippen MR) is 49.8 cm³/mol. The lowest BCUT2D eigenvalue weighted by Crippen LogP contribution is -2.20. The lowest BCUT2D eigenvalue weighted by molar-refractivity contribution is 0.262. The molecule has 2 rings (SSSR count). The van der Waals surface area contributed by atoms with Crippen LogP contribution in [0.15, 0.2) is 24.8 Å². The van der Waals surface area contributed by atoms with E-state index in [1.54, 1.807) is 24.8 Å². The molecular weight excluding hydrogens is 184 g/mol. The van der Waals surface area contributed by atoms with Crippen LogP contribution in [-0.4, -0.2) is 26.0 Å². The van der Waals surface area contributed by atoms with E-state index in [0.29, 0.717) is 11.9 Å². The number of rotatable bonds is 2. The number of amides is 2. The Kier molecular flexibility index (Phi) is 2.14. The van der Waals surface area contributed by atoms with Crippen LogP contribution in [-0.2, 0) is 0 Å². The van der Waals surface area contributed by atoms with Crippen molar-refractivity contribution in [1.82, 2.24) is 19.9 Å². The average Bonchev–Trinajstić information content (AvgIpc) is 2.76. The summed E-state index contributed by atoms with van der Waals surface area (Å²) in [6.45, 7) is 0. The SMILES string of the molecule is O=C(Nc1ncc[nH]1)Nc1ncc[nH]1. The first-order chi connectivity index (χ1) is 6.84. The van der Waals surface area contributed by atoms with Gasteiger partial charge in [0, 0.05) is 24.8 Å². The van der Waals surface area contributed by atoms with Crippen molar-refractivity contribution in [1.29, 1.82) is 0 Å². The number of urea groups is 1. The minimum absolute atomic E-state index is 0.383. The smallest absolute Gasteiger partial charge is 0.328 e. The van der Waals surface area contributed by atoms with E-state index in [2.05, 4.69) is 30.6 Å². The molecule has 0 aromatic carbocycles. The van der Waals surface area contributed by atoms with E-state index in [-0.39, 0.29) is 0 Å². The first-order valence-electron chi connectivity index (χ1n) is 3.91. The Balaban J connectivity index is 1.91. The highest BCUT2D eigenvalue weighted by molar-refractivity contribution is 5.97. The molecule has 0 fully saturated rings. The number of anilines is 2. The zero-order valence-electron chi connectivity index (χ0n) is 7.11.